The molecule has 12 heavy (non-hydrogen) atoms. The topological polar surface area (TPSA) is 53.6 Å². The molecule has 0 radical (unpaired) electrons. The number of aromatic amines is 1. The minimum atomic E-state index is 0.811. The predicted molar refractivity (Wildman–Crippen MR) is 45.8 cm³/mol. The third-order valence-electron chi connectivity index (χ3n) is 1.51. The molecule has 1 aliphatic rings. The highest BCUT2D eigenvalue weighted by Gasteiger charge is 2.01. The van der Waals surface area contributed by atoms with Crippen molar-refractivity contribution in [1.29, 1.82) is 0 Å². The van der Waals surface area contributed by atoms with Gasteiger partial charge in [-0.05, 0) is 12.2 Å². The Labute approximate surface area is 69.7 Å². The molecule has 0 aliphatic carbocycles. The van der Waals surface area contributed by atoms with Gasteiger partial charge in [0, 0.05) is 6.20 Å². The number of H-pyrrole nitrogens is 1. The van der Waals surface area contributed by atoms with Crippen molar-refractivity contribution in [2.45, 2.75) is 0 Å². The van der Waals surface area contributed by atoms with E-state index in [1.165, 1.54) is 0 Å². The van der Waals surface area contributed by atoms with Crippen LogP contribution in [-0.2, 0) is 0 Å². The van der Waals surface area contributed by atoms with Gasteiger partial charge in [-0.2, -0.15) is 0 Å². The molecule has 0 amide bonds. The lowest BCUT2D eigenvalue weighted by Gasteiger charge is -1.99. The number of nitrogens with one attached hydrogen (secondary N) is 2. The van der Waals surface area contributed by atoms with Crippen molar-refractivity contribution in [3.63, 3.8) is 0 Å². The number of allylic oxidation sites excluding steroid dienone is 4. The zero-order valence-electron chi connectivity index (χ0n) is 6.36. The van der Waals surface area contributed by atoms with E-state index >= 15 is 0 Å². The smallest absolute Gasteiger partial charge is 0.128 e. The highest BCUT2D eigenvalue weighted by molar-refractivity contribution is 5.63. The molecule has 0 saturated carbocycles. The molecular formula is C8H8N4. The van der Waals surface area contributed by atoms with Gasteiger partial charge in [-0.15, -0.1) is 5.10 Å². The first-order valence-electron chi connectivity index (χ1n) is 3.64. The summed E-state index contributed by atoms with van der Waals surface area (Å²) in [5.74, 6) is 0. The Bertz CT molecular complexity index is 332. The van der Waals surface area contributed by atoms with Crippen LogP contribution >= 0.6 is 0 Å². The van der Waals surface area contributed by atoms with Gasteiger partial charge in [-0.3, -0.25) is 5.10 Å². The second-order valence-corrected chi connectivity index (χ2v) is 2.33. The number of aromatic nitrogens is 3. The zero-order chi connectivity index (χ0) is 8.23. The van der Waals surface area contributed by atoms with E-state index in [0.717, 1.165) is 11.4 Å². The largest absolute Gasteiger partial charge is 0.360 e. The summed E-state index contributed by atoms with van der Waals surface area (Å²) in [7, 11) is 0. The van der Waals surface area contributed by atoms with Crippen molar-refractivity contribution >= 4 is 5.70 Å². The highest BCUT2D eigenvalue weighted by Crippen LogP contribution is 2.07. The summed E-state index contributed by atoms with van der Waals surface area (Å²) >= 11 is 0. The predicted octanol–water partition coefficient (Wildman–Crippen LogP) is 0.819. The highest BCUT2D eigenvalue weighted by atomic mass is 15.3. The molecule has 1 aliphatic heterocycles. The zero-order valence-corrected chi connectivity index (χ0v) is 6.36. The van der Waals surface area contributed by atoms with Crippen LogP contribution in [0.3, 0.4) is 0 Å². The maximum Gasteiger partial charge on any atom is 0.128 e. The van der Waals surface area contributed by atoms with E-state index in [2.05, 4.69) is 20.7 Å². The van der Waals surface area contributed by atoms with E-state index in [-0.39, 0.29) is 0 Å². The van der Waals surface area contributed by atoms with Crippen molar-refractivity contribution in [2.75, 3.05) is 0 Å². The molecule has 0 bridgehead atoms. The van der Waals surface area contributed by atoms with E-state index in [9.17, 15) is 0 Å². The first kappa shape index (κ1) is 6.84. The fourth-order valence-electron chi connectivity index (χ4n) is 0.950. The summed E-state index contributed by atoms with van der Waals surface area (Å²) in [5.41, 5.74) is 1.75. The Morgan fingerprint density at radius 2 is 2.17 bits per heavy atom. The van der Waals surface area contributed by atoms with Crippen molar-refractivity contribution in [3.05, 3.63) is 42.4 Å². The van der Waals surface area contributed by atoms with E-state index in [1.807, 2.05) is 30.5 Å². The third kappa shape index (κ3) is 1.27. The Hall–Kier alpha value is -1.84. The Kier molecular flexibility index (Phi) is 1.74. The second kappa shape index (κ2) is 3.04. The first-order valence-corrected chi connectivity index (χ1v) is 3.64. The van der Waals surface area contributed by atoms with E-state index < -0.39 is 0 Å². The van der Waals surface area contributed by atoms with Gasteiger partial charge in [0.25, 0.3) is 0 Å². The molecular weight excluding hydrogens is 152 g/mol. The Morgan fingerprint density at radius 1 is 1.17 bits per heavy atom. The van der Waals surface area contributed by atoms with E-state index in [0.29, 0.717) is 0 Å². The molecule has 0 aromatic carbocycles. The van der Waals surface area contributed by atoms with Crippen LogP contribution in [0.2, 0.25) is 0 Å². The Morgan fingerprint density at radius 3 is 3.00 bits per heavy atom. The molecule has 2 heterocycles. The molecule has 2 rings (SSSR count). The molecule has 0 atom stereocenters. The molecule has 1 aromatic rings. The van der Waals surface area contributed by atoms with Crippen LogP contribution in [0.15, 0.2) is 36.7 Å². The van der Waals surface area contributed by atoms with Crippen LogP contribution < -0.4 is 5.32 Å². The van der Waals surface area contributed by atoms with Crippen LogP contribution in [0.1, 0.15) is 5.69 Å². The fraction of sp³-hybridized carbons (Fsp3) is 0. The van der Waals surface area contributed by atoms with Crippen LogP contribution in [0, 0.1) is 0 Å². The van der Waals surface area contributed by atoms with E-state index in [1.54, 1.807) is 6.20 Å². The molecule has 0 fully saturated rings. The molecule has 2 N–H and O–H groups in total. The van der Waals surface area contributed by atoms with Gasteiger partial charge in [0.2, 0.25) is 0 Å². The normalized spacial score (nSPS) is 15.2. The average Bonchev–Trinajstić information content (AvgIpc) is 2.48. The molecule has 0 spiro atoms. The summed E-state index contributed by atoms with van der Waals surface area (Å²) in [6, 6.07) is 0. The number of rotatable bonds is 1. The van der Waals surface area contributed by atoms with Crippen molar-refractivity contribution < 1.29 is 0 Å². The lowest BCUT2D eigenvalue weighted by Crippen LogP contribution is -2.02. The fourth-order valence-corrected chi connectivity index (χ4v) is 0.950. The minimum Gasteiger partial charge on any atom is -0.360 e. The van der Waals surface area contributed by atoms with Gasteiger partial charge in [0.15, 0.2) is 0 Å². The average molecular weight is 160 g/mol. The van der Waals surface area contributed by atoms with Gasteiger partial charge < -0.3 is 5.32 Å². The van der Waals surface area contributed by atoms with Gasteiger partial charge in [0.05, 0.1) is 11.9 Å². The number of nitrogens with zero attached hydrogens (tertiary/aromatic N) is 2. The molecule has 1 aromatic heterocycles. The summed E-state index contributed by atoms with van der Waals surface area (Å²) in [6.07, 6.45) is 11.3. The first-order chi connectivity index (χ1) is 5.97. The maximum atomic E-state index is 3.88. The maximum absolute atomic E-state index is 3.88. The SMILES string of the molecule is C1=CC=C(c2c[nH]nn2)NC=C1. The quantitative estimate of drug-likeness (QED) is 0.639. The molecule has 60 valence electrons. The molecule has 0 unspecified atom stereocenters. The van der Waals surface area contributed by atoms with Gasteiger partial charge in [0.1, 0.15) is 5.69 Å². The monoisotopic (exact) mass is 160 g/mol. The molecule has 0 saturated heterocycles. The summed E-state index contributed by atoms with van der Waals surface area (Å²) in [4.78, 5) is 0. The second-order valence-electron chi connectivity index (χ2n) is 2.33. The van der Waals surface area contributed by atoms with Crippen LogP contribution in [-0.4, -0.2) is 15.4 Å². The number of hydrogen-bond donors (Lipinski definition) is 2. The number of hydrogen-bond acceptors (Lipinski definition) is 3. The van der Waals surface area contributed by atoms with Gasteiger partial charge >= 0.3 is 0 Å². The van der Waals surface area contributed by atoms with Crippen LogP contribution in [0.5, 0.6) is 0 Å². The minimum absolute atomic E-state index is 0.811. The van der Waals surface area contributed by atoms with E-state index in [4.69, 9.17) is 0 Å². The standard InChI is InChI=1S/C8H8N4/c1-2-4-7(9-5-3-1)8-6-10-12-11-8/h1-6,9H,(H,10,11,12). The summed E-state index contributed by atoms with van der Waals surface area (Å²) < 4.78 is 0. The lowest BCUT2D eigenvalue weighted by molar-refractivity contribution is 0.932. The molecule has 4 nitrogen and oxygen atoms in total. The van der Waals surface area contributed by atoms with Gasteiger partial charge in [-0.25, -0.2) is 0 Å². The van der Waals surface area contributed by atoms with Gasteiger partial charge in [-0.1, -0.05) is 17.4 Å². The summed E-state index contributed by atoms with van der Waals surface area (Å²) in [5, 5.41) is 13.2. The Balaban J connectivity index is 2.30. The van der Waals surface area contributed by atoms with Crippen molar-refractivity contribution in [2.24, 2.45) is 0 Å². The summed E-state index contributed by atoms with van der Waals surface area (Å²) in [6.45, 7) is 0. The molecule has 4 heteroatoms. The van der Waals surface area contributed by atoms with Crippen LogP contribution in [0.4, 0.5) is 0 Å². The lowest BCUT2D eigenvalue weighted by atomic mass is 10.3. The van der Waals surface area contributed by atoms with Crippen LogP contribution in [0.25, 0.3) is 5.70 Å². The van der Waals surface area contributed by atoms with Crippen molar-refractivity contribution in [3.8, 4) is 0 Å². The van der Waals surface area contributed by atoms with Crippen molar-refractivity contribution in [1.82, 2.24) is 20.7 Å². The third-order valence-corrected chi connectivity index (χ3v) is 1.51.